The molecule has 168 valence electrons. The summed E-state index contributed by atoms with van der Waals surface area (Å²) in [7, 11) is 0. The number of carbonyl (C=O) groups is 2. The number of anilines is 1. The number of carbonyl (C=O) groups excluding carboxylic acids is 2. The first-order valence-electron chi connectivity index (χ1n) is 8.84. The first-order chi connectivity index (χ1) is 15.0. The highest BCUT2D eigenvalue weighted by atomic mass is 35.5. The van der Waals surface area contributed by atoms with Gasteiger partial charge in [0.25, 0.3) is 5.91 Å². The van der Waals surface area contributed by atoms with Gasteiger partial charge in [0, 0.05) is 27.7 Å². The summed E-state index contributed by atoms with van der Waals surface area (Å²) in [6, 6.07) is 16.1. The summed E-state index contributed by atoms with van der Waals surface area (Å²) in [6.45, 7) is 0.950. The molecule has 0 aromatic heterocycles. The number of hydrogen-bond acceptors (Lipinski definition) is 3. The van der Waals surface area contributed by atoms with Gasteiger partial charge in [-0.25, -0.2) is 0 Å². The Morgan fingerprint density at radius 2 is 1.38 bits per heavy atom. The highest BCUT2D eigenvalue weighted by molar-refractivity contribution is 6.34. The molecule has 0 saturated heterocycles. The fourth-order valence-corrected chi connectivity index (χ4v) is 3.04. The lowest BCUT2D eigenvalue weighted by Gasteiger charge is -2.15. The lowest BCUT2D eigenvalue weighted by molar-refractivity contribution is -0.141. The minimum atomic E-state index is -4.78. The number of alkyl halides is 3. The van der Waals surface area contributed by atoms with Crippen LogP contribution in [0.5, 0.6) is 5.75 Å². The Bertz CT molecular complexity index is 1100. The third-order valence-electron chi connectivity index (χ3n) is 3.68. The molecule has 3 rings (SSSR count). The van der Waals surface area contributed by atoms with Crippen LogP contribution in [0.3, 0.4) is 0 Å². The molecular formula is C22H15Cl3F3NO3. The van der Waals surface area contributed by atoms with Gasteiger partial charge in [0.05, 0.1) is 11.1 Å². The van der Waals surface area contributed by atoms with E-state index in [4.69, 9.17) is 34.8 Å². The van der Waals surface area contributed by atoms with Crippen molar-refractivity contribution in [3.63, 3.8) is 0 Å². The van der Waals surface area contributed by atoms with E-state index in [-0.39, 0.29) is 0 Å². The molecule has 1 N–H and O–H groups in total. The summed E-state index contributed by atoms with van der Waals surface area (Å²) >= 11 is 16.9. The zero-order chi connectivity index (χ0) is 23.9. The number of benzene rings is 3. The Morgan fingerprint density at radius 1 is 0.844 bits per heavy atom. The van der Waals surface area contributed by atoms with E-state index in [1.807, 2.05) is 6.07 Å². The van der Waals surface area contributed by atoms with Gasteiger partial charge in [-0.2, -0.15) is 13.2 Å². The third kappa shape index (κ3) is 7.75. The van der Waals surface area contributed by atoms with Crippen molar-refractivity contribution in [1.82, 2.24) is 0 Å². The largest absolute Gasteiger partial charge is 0.425 e. The fourth-order valence-electron chi connectivity index (χ4n) is 2.42. The number of esters is 1. The summed E-state index contributed by atoms with van der Waals surface area (Å²) in [4.78, 5) is 23.4. The van der Waals surface area contributed by atoms with Gasteiger partial charge in [-0.15, -0.1) is 0 Å². The Hall–Kier alpha value is -2.74. The summed E-state index contributed by atoms with van der Waals surface area (Å²) in [5, 5.41) is 4.11. The zero-order valence-electron chi connectivity index (χ0n) is 16.3. The second-order valence-electron chi connectivity index (χ2n) is 6.18. The maximum absolute atomic E-state index is 13.1. The Kier molecular flexibility index (Phi) is 8.95. The van der Waals surface area contributed by atoms with Crippen LogP contribution in [-0.2, 0) is 11.0 Å². The molecular weight excluding hydrogens is 490 g/mol. The van der Waals surface area contributed by atoms with Crippen LogP contribution in [0.2, 0.25) is 15.1 Å². The van der Waals surface area contributed by atoms with Crippen molar-refractivity contribution in [3.05, 3.63) is 92.9 Å². The van der Waals surface area contributed by atoms with Gasteiger partial charge in [0.15, 0.2) is 5.75 Å². The summed E-state index contributed by atoms with van der Waals surface area (Å²) < 4.78 is 43.9. The smallest absolute Gasteiger partial charge is 0.420 e. The zero-order valence-corrected chi connectivity index (χ0v) is 18.6. The van der Waals surface area contributed by atoms with Gasteiger partial charge in [-0.3, -0.25) is 9.59 Å². The average molecular weight is 505 g/mol. The molecule has 0 bridgehead atoms. The highest BCUT2D eigenvalue weighted by Crippen LogP contribution is 2.38. The van der Waals surface area contributed by atoms with E-state index < -0.39 is 34.9 Å². The van der Waals surface area contributed by atoms with E-state index in [2.05, 4.69) is 10.1 Å². The van der Waals surface area contributed by atoms with Gasteiger partial charge >= 0.3 is 12.1 Å². The molecule has 0 unspecified atom stereocenters. The molecule has 0 spiro atoms. The Labute approximate surface area is 196 Å². The summed E-state index contributed by atoms with van der Waals surface area (Å²) in [5.74, 6) is -2.67. The van der Waals surface area contributed by atoms with E-state index in [0.29, 0.717) is 20.8 Å². The van der Waals surface area contributed by atoms with Crippen LogP contribution >= 0.6 is 34.8 Å². The molecule has 0 saturated carbocycles. The van der Waals surface area contributed by atoms with Crippen LogP contribution in [0.15, 0.2) is 66.7 Å². The third-order valence-corrected chi connectivity index (χ3v) is 4.39. The quantitative estimate of drug-likeness (QED) is 0.296. The minimum Gasteiger partial charge on any atom is -0.425 e. The summed E-state index contributed by atoms with van der Waals surface area (Å²) in [5.41, 5.74) is -1.34. The van der Waals surface area contributed by atoms with Gasteiger partial charge in [-0.05, 0) is 48.5 Å². The van der Waals surface area contributed by atoms with E-state index in [1.165, 1.54) is 12.1 Å². The normalized spacial score (nSPS) is 10.6. The SMILES string of the molecule is CC(=O)Oc1c(C(=O)Nc2cccc(Cl)c2)cccc1C(F)(F)F.Clc1cccc(Cl)c1. The molecule has 10 heteroatoms. The number of nitrogens with one attached hydrogen (secondary N) is 1. The van der Waals surface area contributed by atoms with Crippen LogP contribution in [0.1, 0.15) is 22.8 Å². The molecule has 0 aliphatic rings. The van der Waals surface area contributed by atoms with Crippen molar-refractivity contribution in [1.29, 1.82) is 0 Å². The molecule has 0 radical (unpaired) electrons. The lowest BCUT2D eigenvalue weighted by Crippen LogP contribution is -2.18. The van der Waals surface area contributed by atoms with Crippen LogP contribution < -0.4 is 10.1 Å². The topological polar surface area (TPSA) is 55.4 Å². The van der Waals surface area contributed by atoms with Gasteiger partial charge in [0.2, 0.25) is 0 Å². The summed E-state index contributed by atoms with van der Waals surface area (Å²) in [6.07, 6.45) is -4.78. The molecule has 0 atom stereocenters. The lowest BCUT2D eigenvalue weighted by atomic mass is 10.1. The first-order valence-corrected chi connectivity index (χ1v) is 9.97. The average Bonchev–Trinajstić information content (AvgIpc) is 2.67. The standard InChI is InChI=1S/C16H11ClF3NO3.C6H4Cl2/c1-9(22)24-14-12(6-3-7-13(14)16(18,19)20)15(23)21-11-5-2-4-10(17)8-11;7-5-2-1-3-6(8)4-5/h2-8H,1H3,(H,21,23);1-4H. The van der Waals surface area contributed by atoms with Crippen molar-refractivity contribution in [2.24, 2.45) is 0 Å². The number of para-hydroxylation sites is 1. The van der Waals surface area contributed by atoms with Crippen LogP contribution in [0, 0.1) is 0 Å². The highest BCUT2D eigenvalue weighted by Gasteiger charge is 2.37. The number of ether oxygens (including phenoxy) is 1. The van der Waals surface area contributed by atoms with E-state index in [0.717, 1.165) is 25.1 Å². The monoisotopic (exact) mass is 503 g/mol. The van der Waals surface area contributed by atoms with E-state index >= 15 is 0 Å². The van der Waals surface area contributed by atoms with Crippen molar-refractivity contribution in [2.45, 2.75) is 13.1 Å². The number of hydrogen-bond donors (Lipinski definition) is 1. The van der Waals surface area contributed by atoms with Crippen LogP contribution in [-0.4, -0.2) is 11.9 Å². The van der Waals surface area contributed by atoms with Crippen LogP contribution in [0.4, 0.5) is 18.9 Å². The van der Waals surface area contributed by atoms with Crippen molar-refractivity contribution in [3.8, 4) is 5.75 Å². The predicted octanol–water partition coefficient (Wildman–Crippen LogP) is 7.53. The maximum atomic E-state index is 13.1. The Balaban J connectivity index is 0.000000380. The molecule has 0 aliphatic carbocycles. The van der Waals surface area contributed by atoms with E-state index in [9.17, 15) is 22.8 Å². The van der Waals surface area contributed by atoms with Crippen molar-refractivity contribution >= 4 is 52.4 Å². The second kappa shape index (κ2) is 11.2. The molecule has 1 amide bonds. The van der Waals surface area contributed by atoms with Gasteiger partial charge in [-0.1, -0.05) is 53.0 Å². The van der Waals surface area contributed by atoms with Gasteiger partial charge in [0.1, 0.15) is 0 Å². The number of amides is 1. The number of rotatable bonds is 3. The Morgan fingerprint density at radius 3 is 1.84 bits per heavy atom. The molecule has 0 aliphatic heterocycles. The second-order valence-corrected chi connectivity index (χ2v) is 7.49. The predicted molar refractivity (Wildman–Crippen MR) is 119 cm³/mol. The van der Waals surface area contributed by atoms with Gasteiger partial charge < -0.3 is 10.1 Å². The molecule has 4 nitrogen and oxygen atoms in total. The minimum absolute atomic E-state index is 0.290. The van der Waals surface area contributed by atoms with Crippen molar-refractivity contribution < 1.29 is 27.5 Å². The molecule has 0 heterocycles. The number of halogens is 6. The van der Waals surface area contributed by atoms with Crippen molar-refractivity contribution in [2.75, 3.05) is 5.32 Å². The maximum Gasteiger partial charge on any atom is 0.420 e. The molecule has 3 aromatic rings. The fraction of sp³-hybridized carbons (Fsp3) is 0.0909. The van der Waals surface area contributed by atoms with Crippen LogP contribution in [0.25, 0.3) is 0 Å². The molecule has 32 heavy (non-hydrogen) atoms. The molecule has 3 aromatic carbocycles. The molecule has 0 fully saturated rings. The first kappa shape index (κ1) is 25.5. The van der Waals surface area contributed by atoms with E-state index in [1.54, 1.807) is 30.3 Å².